The summed E-state index contributed by atoms with van der Waals surface area (Å²) in [6.07, 6.45) is 0.678. The van der Waals surface area contributed by atoms with Crippen LogP contribution in [0.2, 0.25) is 0 Å². The van der Waals surface area contributed by atoms with Crippen molar-refractivity contribution in [1.29, 1.82) is 0 Å². The first-order valence-corrected chi connectivity index (χ1v) is 7.69. The van der Waals surface area contributed by atoms with Crippen molar-refractivity contribution in [3.8, 4) is 5.75 Å². The molecule has 0 aliphatic carbocycles. The summed E-state index contributed by atoms with van der Waals surface area (Å²) >= 11 is 0.969. The Hall–Kier alpha value is -2.34. The van der Waals surface area contributed by atoms with Crippen LogP contribution in [0.5, 0.6) is 5.75 Å². The number of para-hydroxylation sites is 1. The summed E-state index contributed by atoms with van der Waals surface area (Å²) in [5, 5.41) is 11.6. The summed E-state index contributed by atoms with van der Waals surface area (Å²) < 4.78 is 5.63. The molecule has 0 saturated carbocycles. The van der Waals surface area contributed by atoms with Crippen molar-refractivity contribution in [1.82, 2.24) is 5.32 Å². The first kappa shape index (κ1) is 16.0. The standard InChI is InChI=1S/C16H17NO4S/c1-11-5-2-3-6-12(11)21-10-4-9-17-15(18)13-7-8-14(22-13)16(19)20/h2-3,5-8H,4,9-10H2,1H3,(H,17,18)(H,19,20). The number of carboxylic acid groups (broad SMARTS) is 1. The van der Waals surface area contributed by atoms with Gasteiger partial charge in [-0.15, -0.1) is 11.3 Å². The van der Waals surface area contributed by atoms with Crippen LogP contribution < -0.4 is 10.1 Å². The van der Waals surface area contributed by atoms with Crippen LogP contribution in [-0.2, 0) is 0 Å². The molecule has 0 unspecified atom stereocenters. The lowest BCUT2D eigenvalue weighted by Crippen LogP contribution is -2.24. The van der Waals surface area contributed by atoms with Crippen LogP contribution >= 0.6 is 11.3 Å². The Morgan fingerprint density at radius 1 is 1.18 bits per heavy atom. The van der Waals surface area contributed by atoms with Gasteiger partial charge in [0.15, 0.2) is 0 Å². The average molecular weight is 319 g/mol. The number of benzene rings is 1. The molecule has 0 fully saturated rings. The molecular weight excluding hydrogens is 302 g/mol. The topological polar surface area (TPSA) is 75.6 Å². The number of nitrogens with one attached hydrogen (secondary N) is 1. The zero-order valence-electron chi connectivity index (χ0n) is 12.2. The molecule has 1 aromatic heterocycles. The minimum atomic E-state index is -1.02. The fourth-order valence-electron chi connectivity index (χ4n) is 1.84. The molecule has 1 heterocycles. The van der Waals surface area contributed by atoms with Crippen LogP contribution in [0.3, 0.4) is 0 Å². The number of thiophene rings is 1. The second-order valence-electron chi connectivity index (χ2n) is 4.69. The van der Waals surface area contributed by atoms with Crippen molar-refractivity contribution in [3.05, 3.63) is 51.7 Å². The highest BCUT2D eigenvalue weighted by Crippen LogP contribution is 2.17. The van der Waals surface area contributed by atoms with Crippen LogP contribution in [0.1, 0.15) is 31.3 Å². The normalized spacial score (nSPS) is 10.2. The smallest absolute Gasteiger partial charge is 0.345 e. The summed E-state index contributed by atoms with van der Waals surface area (Å²) in [5.74, 6) is -0.428. The third-order valence-corrected chi connectivity index (χ3v) is 4.07. The van der Waals surface area contributed by atoms with Crippen molar-refractivity contribution in [2.75, 3.05) is 13.2 Å². The molecule has 116 valence electrons. The molecular formula is C16H17NO4S. The summed E-state index contributed by atoms with van der Waals surface area (Å²) in [5.41, 5.74) is 1.08. The maximum Gasteiger partial charge on any atom is 0.345 e. The van der Waals surface area contributed by atoms with E-state index in [1.54, 1.807) is 0 Å². The molecule has 2 N–H and O–H groups in total. The Morgan fingerprint density at radius 3 is 2.59 bits per heavy atom. The predicted octanol–water partition coefficient (Wildman–Crippen LogP) is 2.95. The number of hydrogen-bond acceptors (Lipinski definition) is 4. The van der Waals surface area contributed by atoms with E-state index in [9.17, 15) is 9.59 Å². The molecule has 1 amide bonds. The van der Waals surface area contributed by atoms with Gasteiger partial charge in [-0.25, -0.2) is 4.79 Å². The number of ether oxygens (including phenoxy) is 1. The number of aromatic carboxylic acids is 1. The Balaban J connectivity index is 1.71. The van der Waals surface area contributed by atoms with Crippen molar-refractivity contribution >= 4 is 23.2 Å². The van der Waals surface area contributed by atoms with Crippen molar-refractivity contribution in [2.24, 2.45) is 0 Å². The molecule has 0 atom stereocenters. The van der Waals surface area contributed by atoms with Crippen LogP contribution in [0.25, 0.3) is 0 Å². The maximum atomic E-state index is 11.8. The van der Waals surface area contributed by atoms with E-state index in [0.29, 0.717) is 24.4 Å². The molecule has 0 bridgehead atoms. The lowest BCUT2D eigenvalue weighted by atomic mass is 10.2. The number of rotatable bonds is 7. The predicted molar refractivity (Wildman–Crippen MR) is 84.9 cm³/mol. The lowest BCUT2D eigenvalue weighted by Gasteiger charge is -2.09. The number of carbonyl (C=O) groups is 2. The van der Waals surface area contributed by atoms with E-state index in [2.05, 4.69) is 5.32 Å². The fourth-order valence-corrected chi connectivity index (χ4v) is 2.60. The van der Waals surface area contributed by atoms with Crippen LogP contribution in [0.4, 0.5) is 0 Å². The van der Waals surface area contributed by atoms with E-state index >= 15 is 0 Å². The van der Waals surface area contributed by atoms with Gasteiger partial charge in [0.25, 0.3) is 5.91 Å². The fraction of sp³-hybridized carbons (Fsp3) is 0.250. The highest BCUT2D eigenvalue weighted by molar-refractivity contribution is 7.15. The maximum absolute atomic E-state index is 11.8. The molecule has 2 aromatic rings. The molecule has 2 rings (SSSR count). The third-order valence-electron chi connectivity index (χ3n) is 3.00. The molecule has 1 aromatic carbocycles. The zero-order chi connectivity index (χ0) is 15.9. The van der Waals surface area contributed by atoms with Crippen LogP contribution in [0, 0.1) is 6.92 Å². The molecule has 0 saturated heterocycles. The lowest BCUT2D eigenvalue weighted by molar-refractivity contribution is 0.0702. The highest BCUT2D eigenvalue weighted by Gasteiger charge is 2.12. The average Bonchev–Trinajstić information content (AvgIpc) is 2.98. The summed E-state index contributed by atoms with van der Waals surface area (Å²) in [7, 11) is 0. The number of carbonyl (C=O) groups excluding carboxylic acids is 1. The first-order valence-electron chi connectivity index (χ1n) is 6.87. The van der Waals surface area contributed by atoms with E-state index in [1.165, 1.54) is 12.1 Å². The molecule has 5 nitrogen and oxygen atoms in total. The monoisotopic (exact) mass is 319 g/mol. The van der Waals surface area contributed by atoms with Gasteiger partial charge in [-0.2, -0.15) is 0 Å². The van der Waals surface area contributed by atoms with Gasteiger partial charge in [0.05, 0.1) is 11.5 Å². The third kappa shape index (κ3) is 4.33. The van der Waals surface area contributed by atoms with Crippen LogP contribution in [0.15, 0.2) is 36.4 Å². The van der Waals surface area contributed by atoms with Crippen molar-refractivity contribution in [3.63, 3.8) is 0 Å². The molecule has 22 heavy (non-hydrogen) atoms. The SMILES string of the molecule is Cc1ccccc1OCCCNC(=O)c1ccc(C(=O)O)s1. The molecule has 6 heteroatoms. The second-order valence-corrected chi connectivity index (χ2v) is 5.78. The van der Waals surface area contributed by atoms with Gasteiger partial charge in [-0.3, -0.25) is 4.79 Å². The quantitative estimate of drug-likeness (QED) is 0.769. The van der Waals surface area contributed by atoms with Gasteiger partial charge in [0, 0.05) is 6.54 Å². The van der Waals surface area contributed by atoms with Gasteiger partial charge in [-0.05, 0) is 37.1 Å². The Bertz CT molecular complexity index is 666. The number of amides is 1. The first-order chi connectivity index (χ1) is 10.6. The Morgan fingerprint density at radius 2 is 1.91 bits per heavy atom. The number of hydrogen-bond donors (Lipinski definition) is 2. The van der Waals surface area contributed by atoms with Crippen molar-refractivity contribution < 1.29 is 19.4 Å². The molecule has 0 radical (unpaired) electrons. The number of aryl methyl sites for hydroxylation is 1. The number of carboxylic acids is 1. The highest BCUT2D eigenvalue weighted by atomic mass is 32.1. The Kier molecular flexibility index (Phi) is 5.55. The van der Waals surface area contributed by atoms with Crippen LogP contribution in [-0.4, -0.2) is 30.1 Å². The minimum Gasteiger partial charge on any atom is -0.493 e. The van der Waals surface area contributed by atoms with E-state index in [0.717, 1.165) is 22.6 Å². The van der Waals surface area contributed by atoms with E-state index in [4.69, 9.17) is 9.84 Å². The van der Waals surface area contributed by atoms with Crippen molar-refractivity contribution in [2.45, 2.75) is 13.3 Å². The molecule has 0 spiro atoms. The summed E-state index contributed by atoms with van der Waals surface area (Å²) in [4.78, 5) is 23.2. The minimum absolute atomic E-state index is 0.160. The van der Waals surface area contributed by atoms with E-state index in [-0.39, 0.29) is 10.8 Å². The zero-order valence-corrected chi connectivity index (χ0v) is 13.0. The Labute approximate surface area is 132 Å². The van der Waals surface area contributed by atoms with E-state index in [1.807, 2.05) is 31.2 Å². The largest absolute Gasteiger partial charge is 0.493 e. The summed E-state index contributed by atoms with van der Waals surface area (Å²) in [6.45, 7) is 2.97. The molecule has 0 aliphatic rings. The van der Waals surface area contributed by atoms with Gasteiger partial charge in [0.1, 0.15) is 10.6 Å². The van der Waals surface area contributed by atoms with E-state index < -0.39 is 5.97 Å². The van der Waals surface area contributed by atoms with Gasteiger partial charge in [0.2, 0.25) is 0 Å². The van der Waals surface area contributed by atoms with Gasteiger partial charge >= 0.3 is 5.97 Å². The summed E-state index contributed by atoms with van der Waals surface area (Å²) in [6, 6.07) is 10.7. The van der Waals surface area contributed by atoms with Gasteiger partial charge < -0.3 is 15.2 Å². The van der Waals surface area contributed by atoms with Gasteiger partial charge in [-0.1, -0.05) is 18.2 Å². The second kappa shape index (κ2) is 7.61. The molecule has 0 aliphatic heterocycles.